The summed E-state index contributed by atoms with van der Waals surface area (Å²) >= 11 is 0. The van der Waals surface area contributed by atoms with Gasteiger partial charge in [-0.05, 0) is 37.2 Å². The van der Waals surface area contributed by atoms with Gasteiger partial charge in [-0.25, -0.2) is 0 Å². The second kappa shape index (κ2) is 5.08. The zero-order valence-electron chi connectivity index (χ0n) is 13.7. The van der Waals surface area contributed by atoms with Gasteiger partial charge in [0.2, 0.25) is 5.91 Å². The number of hydrogen-bond donors (Lipinski definition) is 0. The van der Waals surface area contributed by atoms with Crippen LogP contribution in [0.4, 0.5) is 0 Å². The van der Waals surface area contributed by atoms with Crippen LogP contribution in [-0.4, -0.2) is 57.7 Å². The fraction of sp³-hybridized carbons (Fsp3) is 0.765. The molecule has 5 heteroatoms. The van der Waals surface area contributed by atoms with Gasteiger partial charge < -0.3 is 9.80 Å². The van der Waals surface area contributed by atoms with E-state index in [2.05, 4.69) is 21.1 Å². The predicted molar refractivity (Wildman–Crippen MR) is 84.5 cm³/mol. The molecule has 1 spiro atoms. The van der Waals surface area contributed by atoms with E-state index in [1.807, 2.05) is 25.0 Å². The van der Waals surface area contributed by atoms with Crippen molar-refractivity contribution in [3.8, 4) is 0 Å². The summed E-state index contributed by atoms with van der Waals surface area (Å²) in [5.74, 6) is 1.55. The first kappa shape index (κ1) is 14.2. The van der Waals surface area contributed by atoms with Crippen LogP contribution in [0.1, 0.15) is 43.6 Å². The first-order chi connectivity index (χ1) is 10.6. The van der Waals surface area contributed by atoms with E-state index in [9.17, 15) is 4.79 Å². The van der Waals surface area contributed by atoms with Gasteiger partial charge in [0.1, 0.15) is 0 Å². The third kappa shape index (κ3) is 2.26. The summed E-state index contributed by atoms with van der Waals surface area (Å²) in [4.78, 5) is 17.1. The molecule has 2 aliphatic heterocycles. The van der Waals surface area contributed by atoms with E-state index < -0.39 is 0 Å². The van der Waals surface area contributed by atoms with Crippen molar-refractivity contribution in [3.05, 3.63) is 18.0 Å². The number of rotatable bonds is 3. The molecule has 120 valence electrons. The Hall–Kier alpha value is -1.36. The average Bonchev–Trinajstić information content (AvgIpc) is 3.18. The first-order valence-electron chi connectivity index (χ1n) is 8.56. The second-order valence-electron chi connectivity index (χ2n) is 7.50. The van der Waals surface area contributed by atoms with E-state index in [1.54, 1.807) is 0 Å². The Morgan fingerprint density at radius 1 is 1.27 bits per heavy atom. The molecule has 0 unspecified atom stereocenters. The Kier molecular flexibility index (Phi) is 3.29. The lowest BCUT2D eigenvalue weighted by Crippen LogP contribution is -2.54. The van der Waals surface area contributed by atoms with E-state index >= 15 is 0 Å². The van der Waals surface area contributed by atoms with Crippen LogP contribution in [0.3, 0.4) is 0 Å². The minimum absolute atomic E-state index is 0.0141. The van der Waals surface area contributed by atoms with E-state index in [0.717, 1.165) is 31.8 Å². The third-order valence-corrected chi connectivity index (χ3v) is 6.13. The van der Waals surface area contributed by atoms with Crippen LogP contribution in [0, 0.1) is 5.92 Å². The molecule has 0 aromatic carbocycles. The Morgan fingerprint density at radius 3 is 2.59 bits per heavy atom. The molecule has 0 bridgehead atoms. The molecule has 4 rings (SSSR count). The number of aryl methyl sites for hydroxylation is 1. The summed E-state index contributed by atoms with van der Waals surface area (Å²) < 4.78 is 1.86. The highest BCUT2D eigenvalue weighted by Gasteiger charge is 2.53. The van der Waals surface area contributed by atoms with Crippen LogP contribution in [-0.2, 0) is 11.8 Å². The Labute approximate surface area is 132 Å². The lowest BCUT2D eigenvalue weighted by Gasteiger charge is -2.46. The van der Waals surface area contributed by atoms with Crippen molar-refractivity contribution < 1.29 is 4.79 Å². The fourth-order valence-corrected chi connectivity index (χ4v) is 4.50. The molecule has 3 aliphatic rings. The van der Waals surface area contributed by atoms with Crippen molar-refractivity contribution in [2.45, 2.75) is 43.6 Å². The van der Waals surface area contributed by atoms with E-state index in [1.165, 1.54) is 24.9 Å². The topological polar surface area (TPSA) is 41.4 Å². The molecule has 3 heterocycles. The van der Waals surface area contributed by atoms with Gasteiger partial charge >= 0.3 is 0 Å². The van der Waals surface area contributed by atoms with Crippen LogP contribution < -0.4 is 0 Å². The molecule has 2 saturated heterocycles. The molecule has 22 heavy (non-hydrogen) atoms. The highest BCUT2D eigenvalue weighted by Crippen LogP contribution is 2.48. The van der Waals surface area contributed by atoms with Crippen molar-refractivity contribution in [3.63, 3.8) is 0 Å². The minimum atomic E-state index is 0.0141. The number of carbonyl (C=O) groups excluding carboxylic acids is 1. The summed E-state index contributed by atoms with van der Waals surface area (Å²) in [5, 5.41) is 4.33. The number of nitrogens with zero attached hydrogens (tertiary/aromatic N) is 4. The zero-order chi connectivity index (χ0) is 15.3. The van der Waals surface area contributed by atoms with Crippen molar-refractivity contribution >= 4 is 5.91 Å². The predicted octanol–water partition coefficient (Wildman–Crippen LogP) is 1.61. The number of amides is 1. The zero-order valence-corrected chi connectivity index (χ0v) is 13.7. The lowest BCUT2D eigenvalue weighted by atomic mass is 9.74. The maximum absolute atomic E-state index is 12.4. The van der Waals surface area contributed by atoms with Crippen molar-refractivity contribution in [2.75, 3.05) is 26.7 Å². The molecule has 3 fully saturated rings. The molecule has 5 nitrogen and oxygen atoms in total. The minimum Gasteiger partial charge on any atom is -0.339 e. The number of carbonyl (C=O) groups is 1. The third-order valence-electron chi connectivity index (χ3n) is 6.13. The normalized spacial score (nSPS) is 28.7. The Balaban J connectivity index is 1.55. The monoisotopic (exact) mass is 302 g/mol. The average molecular weight is 302 g/mol. The Bertz CT molecular complexity index is 569. The summed E-state index contributed by atoms with van der Waals surface area (Å²) in [6.07, 6.45) is 9.72. The summed E-state index contributed by atoms with van der Waals surface area (Å²) in [6, 6.07) is 0. The second-order valence-corrected chi connectivity index (χ2v) is 7.50. The van der Waals surface area contributed by atoms with E-state index in [-0.39, 0.29) is 5.54 Å². The molecular formula is C17H26N4O. The highest BCUT2D eigenvalue weighted by atomic mass is 16.2. The molecular weight excluding hydrogens is 276 g/mol. The van der Waals surface area contributed by atoms with Gasteiger partial charge in [0, 0.05) is 52.3 Å². The highest BCUT2D eigenvalue weighted by molar-refractivity contribution is 5.81. The molecule has 1 saturated carbocycles. The maximum atomic E-state index is 12.4. The van der Waals surface area contributed by atoms with Crippen LogP contribution in [0.2, 0.25) is 0 Å². The van der Waals surface area contributed by atoms with Gasteiger partial charge in [-0.3, -0.25) is 9.48 Å². The summed E-state index contributed by atoms with van der Waals surface area (Å²) in [5.41, 5.74) is 1.25. The first-order valence-corrected chi connectivity index (χ1v) is 8.56. The van der Waals surface area contributed by atoms with Crippen LogP contribution in [0.25, 0.3) is 0 Å². The maximum Gasteiger partial charge on any atom is 0.223 e. The van der Waals surface area contributed by atoms with Gasteiger partial charge in [0.15, 0.2) is 0 Å². The summed E-state index contributed by atoms with van der Waals surface area (Å²) in [6.45, 7) is 3.53. The van der Waals surface area contributed by atoms with Gasteiger partial charge in [-0.1, -0.05) is 0 Å². The molecule has 0 radical (unpaired) electrons. The lowest BCUT2D eigenvalue weighted by molar-refractivity contribution is -0.130. The number of likely N-dealkylation sites (N-methyl/N-ethyl adjacent to an activating group) is 1. The number of piperidine rings is 1. The van der Waals surface area contributed by atoms with Crippen LogP contribution in [0.15, 0.2) is 12.4 Å². The van der Waals surface area contributed by atoms with Crippen LogP contribution >= 0.6 is 0 Å². The van der Waals surface area contributed by atoms with Gasteiger partial charge in [-0.15, -0.1) is 0 Å². The number of likely N-dealkylation sites (tertiary alicyclic amines) is 2. The van der Waals surface area contributed by atoms with Crippen molar-refractivity contribution in [1.29, 1.82) is 0 Å². The quantitative estimate of drug-likeness (QED) is 0.852. The molecule has 1 aromatic heterocycles. The molecule has 1 amide bonds. The summed E-state index contributed by atoms with van der Waals surface area (Å²) in [7, 11) is 3.96. The van der Waals surface area contributed by atoms with Gasteiger partial charge in [0.05, 0.1) is 11.7 Å². The van der Waals surface area contributed by atoms with Gasteiger partial charge in [0.25, 0.3) is 0 Å². The number of aromatic nitrogens is 2. The molecule has 1 atom stereocenters. The van der Waals surface area contributed by atoms with Crippen molar-refractivity contribution in [2.24, 2.45) is 13.0 Å². The van der Waals surface area contributed by atoms with Crippen molar-refractivity contribution in [1.82, 2.24) is 19.6 Å². The number of hydrogen-bond acceptors (Lipinski definition) is 3. The van der Waals surface area contributed by atoms with E-state index in [4.69, 9.17) is 0 Å². The molecule has 1 aliphatic carbocycles. The molecule has 0 N–H and O–H groups in total. The standard InChI is InChI=1S/C17H26N4O/c1-19-12-14(10-18-19)15-9-16(22)20(2)17(15)5-7-21(8-6-17)11-13-3-4-13/h10,12-13,15H,3-9,11H2,1-2H3/t15-/m0/s1. The largest absolute Gasteiger partial charge is 0.339 e. The molecule has 1 aromatic rings. The van der Waals surface area contributed by atoms with Crippen LogP contribution in [0.5, 0.6) is 0 Å². The Morgan fingerprint density at radius 2 is 2.00 bits per heavy atom. The smallest absolute Gasteiger partial charge is 0.223 e. The SMILES string of the molecule is CN1C(=O)C[C@@H](c2cnn(C)c2)C12CCN(CC1CC1)CC2. The van der Waals surface area contributed by atoms with Gasteiger partial charge in [-0.2, -0.15) is 5.10 Å². The van der Waals surface area contributed by atoms with E-state index in [0.29, 0.717) is 18.2 Å². The fourth-order valence-electron chi connectivity index (χ4n) is 4.50.